The molecule has 0 aliphatic rings. The molecule has 0 fully saturated rings. The lowest BCUT2D eigenvalue weighted by Gasteiger charge is -2.04. The number of rotatable bonds is 5. The summed E-state index contributed by atoms with van der Waals surface area (Å²) >= 11 is 0. The topological polar surface area (TPSA) is 129 Å². The number of ether oxygens (including phenoxy) is 1. The maximum absolute atomic E-state index is 11.7. The molecule has 0 aliphatic heterocycles. The Morgan fingerprint density at radius 1 is 1.13 bits per heavy atom. The van der Waals surface area contributed by atoms with Crippen LogP contribution >= 0.6 is 0 Å². The largest absolute Gasteiger partial charge is 0.450 e. The Labute approximate surface area is 129 Å². The number of benzene rings is 1. The normalized spacial score (nSPS) is 9.91. The van der Waals surface area contributed by atoms with Crippen LogP contribution in [0.1, 0.15) is 20.9 Å². The van der Waals surface area contributed by atoms with Gasteiger partial charge in [0.1, 0.15) is 4.92 Å². The lowest BCUT2D eigenvalue weighted by molar-refractivity contribution is -0.402. The van der Waals surface area contributed by atoms with Crippen LogP contribution in [0.3, 0.4) is 0 Å². The van der Waals surface area contributed by atoms with Crippen LogP contribution in [-0.4, -0.2) is 29.3 Å². The van der Waals surface area contributed by atoms with Gasteiger partial charge in [0.05, 0.1) is 6.07 Å². The van der Waals surface area contributed by atoms with Crippen molar-refractivity contribution in [1.29, 1.82) is 0 Å². The van der Waals surface area contributed by atoms with Gasteiger partial charge in [-0.25, -0.2) is 4.79 Å². The first-order valence-corrected chi connectivity index (χ1v) is 6.28. The van der Waals surface area contributed by atoms with E-state index in [1.54, 1.807) is 18.2 Å². The lowest BCUT2D eigenvalue weighted by Crippen LogP contribution is -2.34. The summed E-state index contributed by atoms with van der Waals surface area (Å²) < 4.78 is 9.22. The molecule has 0 radical (unpaired) electrons. The number of hydrogen-bond donors (Lipinski definition) is 1. The van der Waals surface area contributed by atoms with Gasteiger partial charge in [0, 0.05) is 5.56 Å². The summed E-state index contributed by atoms with van der Waals surface area (Å²) in [6.07, 6.45) is 0. The average Bonchev–Trinajstić information content (AvgIpc) is 3.03. The van der Waals surface area contributed by atoms with Crippen molar-refractivity contribution >= 4 is 23.7 Å². The number of nitro groups is 1. The van der Waals surface area contributed by atoms with Gasteiger partial charge in [-0.15, -0.1) is 0 Å². The first kappa shape index (κ1) is 15.9. The van der Waals surface area contributed by atoms with Crippen molar-refractivity contribution in [2.45, 2.75) is 0 Å². The van der Waals surface area contributed by atoms with Crippen molar-refractivity contribution in [3.05, 3.63) is 63.9 Å². The molecule has 1 aromatic carbocycles. The minimum Gasteiger partial charge on any atom is -0.450 e. The molecule has 0 aliphatic carbocycles. The number of carbonyl (C=O) groups excluding carboxylic acids is 3. The fourth-order valence-electron chi connectivity index (χ4n) is 1.56. The van der Waals surface area contributed by atoms with E-state index < -0.39 is 41.0 Å². The standard InChI is InChI=1S/C14H10N2O7/c17-11(15-13(18)9-4-2-1-3-5-9)8-22-14(19)10-6-7-12(23-10)16(20)21/h1-7H,8H2,(H,15,17,18). The van der Waals surface area contributed by atoms with Gasteiger partial charge >= 0.3 is 11.9 Å². The zero-order chi connectivity index (χ0) is 16.8. The first-order valence-electron chi connectivity index (χ1n) is 6.28. The predicted octanol–water partition coefficient (Wildman–Crippen LogP) is 1.30. The number of nitrogens with zero attached hydrogens (tertiary/aromatic N) is 1. The van der Waals surface area contributed by atoms with E-state index in [1.807, 2.05) is 5.32 Å². The summed E-state index contributed by atoms with van der Waals surface area (Å²) in [4.78, 5) is 44.3. The van der Waals surface area contributed by atoms with Gasteiger partial charge in [-0.05, 0) is 18.2 Å². The highest BCUT2D eigenvalue weighted by Gasteiger charge is 2.19. The van der Waals surface area contributed by atoms with Crippen LogP contribution in [0.25, 0.3) is 0 Å². The van der Waals surface area contributed by atoms with Crippen LogP contribution in [-0.2, 0) is 9.53 Å². The van der Waals surface area contributed by atoms with E-state index in [1.165, 1.54) is 12.1 Å². The zero-order valence-electron chi connectivity index (χ0n) is 11.6. The smallest absolute Gasteiger partial charge is 0.433 e. The predicted molar refractivity (Wildman–Crippen MR) is 74.6 cm³/mol. The number of carbonyl (C=O) groups is 3. The van der Waals surface area contributed by atoms with Crippen LogP contribution in [0.4, 0.5) is 5.88 Å². The highest BCUT2D eigenvalue weighted by atomic mass is 16.7. The van der Waals surface area contributed by atoms with Crippen molar-refractivity contribution in [3.63, 3.8) is 0 Å². The summed E-state index contributed by atoms with van der Waals surface area (Å²) in [5.74, 6) is -3.58. The van der Waals surface area contributed by atoms with Gasteiger partial charge in [-0.2, -0.15) is 0 Å². The molecule has 1 heterocycles. The summed E-state index contributed by atoms with van der Waals surface area (Å²) in [7, 11) is 0. The molecule has 2 amide bonds. The average molecular weight is 318 g/mol. The SMILES string of the molecule is O=C(COC(=O)c1ccc([N+](=O)[O-])o1)NC(=O)c1ccccc1. The number of nitrogens with one attached hydrogen (secondary N) is 1. The van der Waals surface area contributed by atoms with E-state index in [9.17, 15) is 24.5 Å². The monoisotopic (exact) mass is 318 g/mol. The number of hydrogen-bond acceptors (Lipinski definition) is 7. The third-order valence-corrected chi connectivity index (χ3v) is 2.60. The van der Waals surface area contributed by atoms with Gasteiger partial charge in [-0.3, -0.25) is 25.0 Å². The van der Waals surface area contributed by atoms with Crippen LogP contribution in [0.2, 0.25) is 0 Å². The number of imide groups is 1. The first-order chi connectivity index (χ1) is 11.0. The third-order valence-electron chi connectivity index (χ3n) is 2.60. The van der Waals surface area contributed by atoms with Crippen molar-refractivity contribution in [2.75, 3.05) is 6.61 Å². The molecule has 0 spiro atoms. The van der Waals surface area contributed by atoms with E-state index in [4.69, 9.17) is 0 Å². The minimum absolute atomic E-state index is 0.272. The van der Waals surface area contributed by atoms with E-state index in [-0.39, 0.29) is 5.56 Å². The molecule has 9 heteroatoms. The number of furan rings is 1. The van der Waals surface area contributed by atoms with E-state index in [2.05, 4.69) is 9.15 Å². The van der Waals surface area contributed by atoms with Crippen molar-refractivity contribution in [3.8, 4) is 0 Å². The molecule has 0 saturated carbocycles. The van der Waals surface area contributed by atoms with Gasteiger partial charge in [-0.1, -0.05) is 18.2 Å². The van der Waals surface area contributed by atoms with Gasteiger partial charge in [0.2, 0.25) is 5.76 Å². The fourth-order valence-corrected chi connectivity index (χ4v) is 1.56. The fraction of sp³-hybridized carbons (Fsp3) is 0.0714. The van der Waals surface area contributed by atoms with Crippen LogP contribution in [0, 0.1) is 10.1 Å². The van der Waals surface area contributed by atoms with Gasteiger partial charge in [0.25, 0.3) is 11.8 Å². The molecule has 118 valence electrons. The highest BCUT2D eigenvalue weighted by molar-refractivity contribution is 6.05. The lowest BCUT2D eigenvalue weighted by atomic mass is 10.2. The molecular weight excluding hydrogens is 308 g/mol. The number of amides is 2. The zero-order valence-corrected chi connectivity index (χ0v) is 11.6. The van der Waals surface area contributed by atoms with Gasteiger partial charge < -0.3 is 9.15 Å². The molecule has 2 rings (SSSR count). The Morgan fingerprint density at radius 3 is 2.43 bits per heavy atom. The van der Waals surface area contributed by atoms with Crippen LogP contribution < -0.4 is 5.32 Å². The van der Waals surface area contributed by atoms with Crippen molar-refractivity contribution in [2.24, 2.45) is 0 Å². The van der Waals surface area contributed by atoms with E-state index in [0.717, 1.165) is 12.1 Å². The quantitative estimate of drug-likeness (QED) is 0.499. The molecule has 9 nitrogen and oxygen atoms in total. The maximum Gasteiger partial charge on any atom is 0.433 e. The maximum atomic E-state index is 11.7. The molecule has 0 unspecified atom stereocenters. The van der Waals surface area contributed by atoms with E-state index >= 15 is 0 Å². The summed E-state index contributed by atoms with van der Waals surface area (Å²) in [5, 5.41) is 12.4. The number of esters is 1. The Balaban J connectivity index is 1.85. The summed E-state index contributed by atoms with van der Waals surface area (Å²) in [6.45, 7) is -0.730. The Morgan fingerprint density at radius 2 is 1.83 bits per heavy atom. The van der Waals surface area contributed by atoms with Crippen LogP contribution in [0.15, 0.2) is 46.9 Å². The second-order valence-corrected chi connectivity index (χ2v) is 4.21. The minimum atomic E-state index is -1.06. The molecule has 0 atom stereocenters. The molecule has 2 aromatic rings. The Bertz CT molecular complexity index is 751. The van der Waals surface area contributed by atoms with Crippen molar-refractivity contribution in [1.82, 2.24) is 5.32 Å². The second-order valence-electron chi connectivity index (χ2n) is 4.21. The molecule has 1 aromatic heterocycles. The Kier molecular flexibility index (Phi) is 4.82. The van der Waals surface area contributed by atoms with Gasteiger partial charge in [0.15, 0.2) is 6.61 Å². The van der Waals surface area contributed by atoms with Crippen molar-refractivity contribution < 1.29 is 28.5 Å². The molecule has 0 saturated heterocycles. The van der Waals surface area contributed by atoms with E-state index in [0.29, 0.717) is 0 Å². The molecular formula is C14H10N2O7. The summed E-state index contributed by atoms with van der Waals surface area (Å²) in [6, 6.07) is 10.0. The Hall–Kier alpha value is -3.49. The van der Waals surface area contributed by atoms with Crippen LogP contribution in [0.5, 0.6) is 0 Å². The molecule has 0 bridgehead atoms. The summed E-state index contributed by atoms with van der Waals surface area (Å²) in [5.41, 5.74) is 0.272. The molecule has 1 N–H and O–H groups in total. The second kappa shape index (κ2) is 6.98. The third kappa shape index (κ3) is 4.24. The highest BCUT2D eigenvalue weighted by Crippen LogP contribution is 2.16. The molecule has 23 heavy (non-hydrogen) atoms.